The minimum absolute atomic E-state index is 0.134. The summed E-state index contributed by atoms with van der Waals surface area (Å²) in [6.07, 6.45) is 0.557. The van der Waals surface area contributed by atoms with E-state index in [-0.39, 0.29) is 6.61 Å². The second-order valence-corrected chi connectivity index (χ2v) is 6.34. The molecule has 2 unspecified atom stereocenters. The van der Waals surface area contributed by atoms with Crippen LogP contribution in [0.15, 0.2) is 29.2 Å². The summed E-state index contributed by atoms with van der Waals surface area (Å²) < 4.78 is 0. The third kappa shape index (κ3) is 3.17. The highest BCUT2D eigenvalue weighted by Gasteiger charge is 2.21. The Morgan fingerprint density at radius 3 is 3.00 bits per heavy atom. The molecule has 0 radical (unpaired) electrons. The van der Waals surface area contributed by atoms with E-state index in [2.05, 4.69) is 24.3 Å². The van der Waals surface area contributed by atoms with Gasteiger partial charge in [0.05, 0.1) is 12.7 Å². The third-order valence-electron chi connectivity index (χ3n) is 2.54. The SMILES string of the molecule is OCC(O)CSCC1Cc2ccccc2S1. The van der Waals surface area contributed by atoms with E-state index in [1.807, 2.05) is 11.8 Å². The van der Waals surface area contributed by atoms with E-state index in [0.717, 1.165) is 12.2 Å². The molecule has 0 fully saturated rings. The first kappa shape index (κ1) is 12.3. The molecule has 1 aliphatic heterocycles. The smallest absolute Gasteiger partial charge is 0.0861 e. The number of aliphatic hydroxyl groups is 2. The molecule has 0 aromatic heterocycles. The van der Waals surface area contributed by atoms with Crippen LogP contribution < -0.4 is 0 Å². The minimum atomic E-state index is -0.571. The van der Waals surface area contributed by atoms with Crippen LogP contribution in [0.5, 0.6) is 0 Å². The predicted molar refractivity (Wildman–Crippen MR) is 70.2 cm³/mol. The number of hydrogen-bond acceptors (Lipinski definition) is 4. The van der Waals surface area contributed by atoms with E-state index in [9.17, 15) is 5.11 Å². The van der Waals surface area contributed by atoms with Crippen LogP contribution in [0.3, 0.4) is 0 Å². The fraction of sp³-hybridized carbons (Fsp3) is 0.500. The summed E-state index contributed by atoms with van der Waals surface area (Å²) in [6.45, 7) is -0.134. The van der Waals surface area contributed by atoms with Gasteiger partial charge in [0.15, 0.2) is 0 Å². The Morgan fingerprint density at radius 1 is 1.44 bits per heavy atom. The Kier molecular flexibility index (Phi) is 4.58. The number of benzene rings is 1. The fourth-order valence-corrected chi connectivity index (χ4v) is 4.27. The van der Waals surface area contributed by atoms with Crippen molar-refractivity contribution in [1.29, 1.82) is 0 Å². The maximum atomic E-state index is 9.23. The van der Waals surface area contributed by atoms with Gasteiger partial charge in [-0.15, -0.1) is 11.8 Å². The van der Waals surface area contributed by atoms with Gasteiger partial charge in [-0.2, -0.15) is 11.8 Å². The van der Waals surface area contributed by atoms with Crippen molar-refractivity contribution in [3.63, 3.8) is 0 Å². The Labute approximate surface area is 104 Å². The van der Waals surface area contributed by atoms with Crippen LogP contribution >= 0.6 is 23.5 Å². The van der Waals surface area contributed by atoms with Gasteiger partial charge in [0.25, 0.3) is 0 Å². The highest BCUT2D eigenvalue weighted by atomic mass is 32.2. The molecule has 0 aliphatic carbocycles. The standard InChI is InChI=1S/C12H16O2S2/c13-6-10(14)7-15-8-11-5-9-3-1-2-4-12(9)16-11/h1-4,10-11,13-14H,5-8H2. The van der Waals surface area contributed by atoms with Crippen molar-refractivity contribution in [3.8, 4) is 0 Å². The molecule has 1 heterocycles. The zero-order valence-electron chi connectivity index (χ0n) is 9.00. The number of fused-ring (bicyclic) bond motifs is 1. The number of aliphatic hydroxyl groups excluding tert-OH is 2. The Balaban J connectivity index is 1.75. The highest BCUT2D eigenvalue weighted by molar-refractivity contribution is 8.03. The van der Waals surface area contributed by atoms with Crippen LogP contribution in [0.25, 0.3) is 0 Å². The van der Waals surface area contributed by atoms with Gasteiger partial charge in [0.2, 0.25) is 0 Å². The normalized spacial score (nSPS) is 20.8. The van der Waals surface area contributed by atoms with Crippen LogP contribution in [0.1, 0.15) is 5.56 Å². The van der Waals surface area contributed by atoms with Crippen molar-refractivity contribution in [2.45, 2.75) is 22.7 Å². The molecule has 0 saturated heterocycles. The molecule has 1 aromatic carbocycles. The molecule has 88 valence electrons. The molecule has 0 bridgehead atoms. The van der Waals surface area contributed by atoms with Crippen molar-refractivity contribution in [3.05, 3.63) is 29.8 Å². The third-order valence-corrected chi connectivity index (χ3v) is 5.33. The average Bonchev–Trinajstić information content (AvgIpc) is 2.71. The maximum Gasteiger partial charge on any atom is 0.0861 e. The van der Waals surface area contributed by atoms with Gasteiger partial charge in [0, 0.05) is 21.7 Å². The number of rotatable bonds is 5. The van der Waals surface area contributed by atoms with Gasteiger partial charge in [-0.3, -0.25) is 0 Å². The molecule has 1 aromatic rings. The molecule has 0 saturated carbocycles. The van der Waals surface area contributed by atoms with Crippen molar-refractivity contribution in [2.24, 2.45) is 0 Å². The van der Waals surface area contributed by atoms with Gasteiger partial charge in [-0.1, -0.05) is 18.2 Å². The number of hydrogen-bond donors (Lipinski definition) is 2. The first-order valence-electron chi connectivity index (χ1n) is 5.41. The topological polar surface area (TPSA) is 40.5 Å². The van der Waals surface area contributed by atoms with Crippen LogP contribution in [0.2, 0.25) is 0 Å². The van der Waals surface area contributed by atoms with E-state index < -0.39 is 6.10 Å². The molecular weight excluding hydrogens is 240 g/mol. The molecule has 2 rings (SSSR count). The zero-order valence-corrected chi connectivity index (χ0v) is 10.6. The van der Waals surface area contributed by atoms with Crippen molar-refractivity contribution >= 4 is 23.5 Å². The van der Waals surface area contributed by atoms with Crippen molar-refractivity contribution in [2.75, 3.05) is 18.1 Å². The largest absolute Gasteiger partial charge is 0.394 e. The van der Waals surface area contributed by atoms with Gasteiger partial charge in [-0.05, 0) is 18.1 Å². The van der Waals surface area contributed by atoms with Crippen LogP contribution in [0, 0.1) is 0 Å². The number of thioether (sulfide) groups is 2. The maximum absolute atomic E-state index is 9.23. The van der Waals surface area contributed by atoms with E-state index in [0.29, 0.717) is 11.0 Å². The summed E-state index contributed by atoms with van der Waals surface area (Å²) in [4.78, 5) is 1.40. The lowest BCUT2D eigenvalue weighted by atomic mass is 10.1. The predicted octanol–water partition coefficient (Wildman–Crippen LogP) is 1.79. The molecule has 0 amide bonds. The second kappa shape index (κ2) is 5.96. The summed E-state index contributed by atoms with van der Waals surface area (Å²) in [5.74, 6) is 1.67. The summed E-state index contributed by atoms with van der Waals surface area (Å²) in [7, 11) is 0. The molecule has 4 heteroatoms. The molecule has 2 N–H and O–H groups in total. The average molecular weight is 256 g/mol. The van der Waals surface area contributed by atoms with Gasteiger partial charge in [-0.25, -0.2) is 0 Å². The van der Waals surface area contributed by atoms with E-state index in [1.54, 1.807) is 11.8 Å². The van der Waals surface area contributed by atoms with Gasteiger partial charge >= 0.3 is 0 Å². The Hall–Kier alpha value is -0.160. The monoisotopic (exact) mass is 256 g/mol. The molecular formula is C12H16O2S2. The summed E-state index contributed by atoms with van der Waals surface area (Å²) in [5, 5.41) is 18.5. The van der Waals surface area contributed by atoms with Crippen molar-refractivity contribution < 1.29 is 10.2 Å². The van der Waals surface area contributed by atoms with Gasteiger partial charge in [0.1, 0.15) is 0 Å². The lowest BCUT2D eigenvalue weighted by Gasteiger charge is -2.10. The summed E-state index contributed by atoms with van der Waals surface area (Å²) in [6, 6.07) is 8.53. The molecule has 1 aliphatic rings. The Bertz CT molecular complexity index is 319. The van der Waals surface area contributed by atoms with E-state index in [4.69, 9.17) is 5.11 Å². The highest BCUT2D eigenvalue weighted by Crippen LogP contribution is 2.38. The quantitative estimate of drug-likeness (QED) is 0.842. The lowest BCUT2D eigenvalue weighted by molar-refractivity contribution is 0.113. The van der Waals surface area contributed by atoms with E-state index in [1.165, 1.54) is 10.5 Å². The van der Waals surface area contributed by atoms with Crippen LogP contribution in [-0.4, -0.2) is 39.7 Å². The van der Waals surface area contributed by atoms with Crippen LogP contribution in [-0.2, 0) is 6.42 Å². The fourth-order valence-electron chi connectivity index (χ4n) is 1.74. The summed E-state index contributed by atoms with van der Waals surface area (Å²) >= 11 is 3.65. The first-order chi connectivity index (χ1) is 7.79. The van der Waals surface area contributed by atoms with Crippen molar-refractivity contribution in [1.82, 2.24) is 0 Å². The van der Waals surface area contributed by atoms with Gasteiger partial charge < -0.3 is 10.2 Å². The lowest BCUT2D eigenvalue weighted by Crippen LogP contribution is -2.16. The zero-order chi connectivity index (χ0) is 11.4. The second-order valence-electron chi connectivity index (χ2n) is 3.93. The van der Waals surface area contributed by atoms with Crippen LogP contribution in [0.4, 0.5) is 0 Å². The summed E-state index contributed by atoms with van der Waals surface area (Å²) in [5.41, 5.74) is 1.45. The molecule has 2 atom stereocenters. The first-order valence-corrected chi connectivity index (χ1v) is 7.44. The molecule has 2 nitrogen and oxygen atoms in total. The Morgan fingerprint density at radius 2 is 2.25 bits per heavy atom. The van der Waals surface area contributed by atoms with E-state index >= 15 is 0 Å². The minimum Gasteiger partial charge on any atom is -0.394 e. The molecule has 16 heavy (non-hydrogen) atoms. The molecule has 0 spiro atoms.